The van der Waals surface area contributed by atoms with E-state index in [1.54, 1.807) is 12.3 Å². The number of aryl methyl sites for hydroxylation is 2. The number of hydrogen-bond donors (Lipinski definition) is 1. The van der Waals surface area contributed by atoms with E-state index in [0.717, 1.165) is 16.0 Å². The summed E-state index contributed by atoms with van der Waals surface area (Å²) in [6.07, 6.45) is 1.61. The first kappa shape index (κ1) is 18.9. The Morgan fingerprint density at radius 2 is 2.07 bits per heavy atom. The van der Waals surface area contributed by atoms with Gasteiger partial charge < -0.3 is 15.3 Å². The lowest BCUT2D eigenvalue weighted by molar-refractivity contribution is 0.0507. The number of nitrogens with zero attached hydrogens (tertiary/aromatic N) is 3. The fraction of sp³-hybridized carbons (Fsp3) is 0.167. The number of ether oxygens (including phenoxy) is 1. The van der Waals surface area contributed by atoms with Crippen LogP contribution in [0.25, 0.3) is 0 Å². The second-order valence-corrected chi connectivity index (χ2v) is 7.04. The van der Waals surface area contributed by atoms with Crippen LogP contribution in [0.4, 0.5) is 0 Å². The van der Waals surface area contributed by atoms with Crippen LogP contribution < -0.4 is 10.5 Å². The number of carbonyl (C=O) groups excluding carboxylic acids is 1. The molecule has 0 aliphatic heterocycles. The van der Waals surface area contributed by atoms with Crippen LogP contribution in [0.15, 0.2) is 47.1 Å². The topological polar surface area (TPSA) is 91.7 Å². The van der Waals surface area contributed by atoms with Gasteiger partial charge in [-0.05, 0) is 54.6 Å². The molecule has 0 aliphatic carbocycles. The molecule has 2 N–H and O–H groups in total. The van der Waals surface area contributed by atoms with Crippen molar-refractivity contribution in [1.29, 1.82) is 0 Å². The van der Waals surface area contributed by atoms with E-state index in [1.165, 1.54) is 22.1 Å². The summed E-state index contributed by atoms with van der Waals surface area (Å²) in [7, 11) is 0. The second-order valence-electron chi connectivity index (χ2n) is 5.72. The van der Waals surface area contributed by atoms with Crippen molar-refractivity contribution in [2.75, 3.05) is 0 Å². The maximum atomic E-state index is 12.0. The van der Waals surface area contributed by atoms with Gasteiger partial charge in [-0.15, -0.1) is 11.3 Å². The van der Waals surface area contributed by atoms with Gasteiger partial charge in [0.15, 0.2) is 18.3 Å². The third-order valence-corrected chi connectivity index (χ3v) is 5.11. The lowest BCUT2D eigenvalue weighted by Crippen LogP contribution is -2.14. The van der Waals surface area contributed by atoms with Gasteiger partial charge >= 0.3 is 5.97 Å². The minimum Gasteiger partial charge on any atom is -0.471 e. The monoisotopic (exact) mass is 404 g/mol. The molecule has 0 saturated heterocycles. The minimum absolute atomic E-state index is 0.102. The number of halogens is 1. The van der Waals surface area contributed by atoms with Crippen molar-refractivity contribution in [3.63, 3.8) is 0 Å². The molecular weight excluding hydrogens is 388 g/mol. The Bertz CT molecular complexity index is 959. The number of nitrogens with two attached hydrogens (primary N) is 1. The zero-order chi connectivity index (χ0) is 19.4. The normalized spacial score (nSPS) is 11.4. The van der Waals surface area contributed by atoms with Crippen LogP contribution >= 0.6 is 22.9 Å². The SMILES string of the molecule is Cc1cc(OCn2ccc(C(=O)O/N=C(\N)c3cccs3)n2)cc(C)c1Cl. The fourth-order valence-corrected chi connectivity index (χ4v) is 3.01. The summed E-state index contributed by atoms with van der Waals surface area (Å²) in [6, 6.07) is 8.81. The molecule has 27 heavy (non-hydrogen) atoms. The molecule has 0 amide bonds. The molecule has 0 unspecified atom stereocenters. The largest absolute Gasteiger partial charge is 0.471 e. The number of thiophene rings is 1. The van der Waals surface area contributed by atoms with Gasteiger partial charge in [-0.1, -0.05) is 22.8 Å². The first-order valence-electron chi connectivity index (χ1n) is 7.95. The van der Waals surface area contributed by atoms with E-state index in [2.05, 4.69) is 10.3 Å². The van der Waals surface area contributed by atoms with Crippen LogP contribution in [0, 0.1) is 13.8 Å². The van der Waals surface area contributed by atoms with E-state index in [4.69, 9.17) is 26.9 Å². The highest BCUT2D eigenvalue weighted by atomic mass is 35.5. The predicted octanol–water partition coefficient (Wildman–Crippen LogP) is 3.73. The Balaban J connectivity index is 1.59. The molecule has 0 saturated carbocycles. The summed E-state index contributed by atoms with van der Waals surface area (Å²) in [5.41, 5.74) is 7.70. The van der Waals surface area contributed by atoms with Crippen LogP contribution in [0.3, 0.4) is 0 Å². The first-order chi connectivity index (χ1) is 12.9. The quantitative estimate of drug-likeness (QED) is 0.292. The molecule has 2 heterocycles. The number of rotatable bonds is 6. The highest BCUT2D eigenvalue weighted by Crippen LogP contribution is 2.26. The molecule has 0 atom stereocenters. The number of aromatic nitrogens is 2. The van der Waals surface area contributed by atoms with Gasteiger partial charge in [0, 0.05) is 11.2 Å². The summed E-state index contributed by atoms with van der Waals surface area (Å²) in [6.45, 7) is 3.95. The van der Waals surface area contributed by atoms with E-state index in [-0.39, 0.29) is 18.3 Å². The highest BCUT2D eigenvalue weighted by Gasteiger charge is 2.13. The molecule has 0 spiro atoms. The number of oxime groups is 1. The molecular formula is C18H17ClN4O3S. The van der Waals surface area contributed by atoms with Gasteiger partial charge in [-0.3, -0.25) is 0 Å². The maximum absolute atomic E-state index is 12.0. The van der Waals surface area contributed by atoms with Crippen molar-refractivity contribution in [2.24, 2.45) is 10.9 Å². The molecule has 7 nitrogen and oxygen atoms in total. The molecule has 3 rings (SSSR count). The Morgan fingerprint density at radius 3 is 2.74 bits per heavy atom. The molecule has 0 radical (unpaired) electrons. The third kappa shape index (κ3) is 4.66. The Morgan fingerprint density at radius 1 is 1.33 bits per heavy atom. The molecule has 1 aromatic carbocycles. The molecule has 0 aliphatic rings. The van der Waals surface area contributed by atoms with E-state index in [0.29, 0.717) is 10.8 Å². The zero-order valence-corrected chi connectivity index (χ0v) is 16.3. The van der Waals surface area contributed by atoms with Crippen LogP contribution in [-0.4, -0.2) is 21.6 Å². The minimum atomic E-state index is -0.702. The highest BCUT2D eigenvalue weighted by molar-refractivity contribution is 7.12. The lowest BCUT2D eigenvalue weighted by Gasteiger charge is -2.09. The maximum Gasteiger partial charge on any atom is 0.385 e. The average molecular weight is 405 g/mol. The van der Waals surface area contributed by atoms with Crippen molar-refractivity contribution >= 4 is 34.7 Å². The Labute approximate surface area is 164 Å². The molecule has 0 fully saturated rings. The number of carbonyl (C=O) groups is 1. The van der Waals surface area contributed by atoms with Crippen LogP contribution in [0.1, 0.15) is 26.5 Å². The Kier molecular flexibility index (Phi) is 5.78. The second kappa shape index (κ2) is 8.24. The molecule has 2 aromatic heterocycles. The average Bonchev–Trinajstić information content (AvgIpc) is 3.33. The molecule has 9 heteroatoms. The van der Waals surface area contributed by atoms with Crippen molar-refractivity contribution < 1.29 is 14.4 Å². The summed E-state index contributed by atoms with van der Waals surface area (Å²) in [5.74, 6) is 0.100. The van der Waals surface area contributed by atoms with Gasteiger partial charge in [0.25, 0.3) is 0 Å². The van der Waals surface area contributed by atoms with E-state index in [1.807, 2.05) is 37.4 Å². The van der Waals surface area contributed by atoms with Crippen LogP contribution in [0.2, 0.25) is 5.02 Å². The van der Waals surface area contributed by atoms with Crippen molar-refractivity contribution in [3.8, 4) is 5.75 Å². The van der Waals surface area contributed by atoms with E-state index >= 15 is 0 Å². The number of amidine groups is 1. The van der Waals surface area contributed by atoms with Gasteiger partial charge in [-0.2, -0.15) is 5.10 Å². The molecule has 0 bridgehead atoms. The first-order valence-corrected chi connectivity index (χ1v) is 9.21. The zero-order valence-electron chi connectivity index (χ0n) is 14.7. The predicted molar refractivity (Wildman–Crippen MR) is 104 cm³/mol. The van der Waals surface area contributed by atoms with Crippen molar-refractivity contribution in [1.82, 2.24) is 9.78 Å². The number of benzene rings is 1. The van der Waals surface area contributed by atoms with E-state index < -0.39 is 5.97 Å². The number of hydrogen-bond acceptors (Lipinski definition) is 6. The van der Waals surface area contributed by atoms with Crippen LogP contribution in [0.5, 0.6) is 5.75 Å². The van der Waals surface area contributed by atoms with Crippen LogP contribution in [-0.2, 0) is 11.6 Å². The lowest BCUT2D eigenvalue weighted by atomic mass is 10.1. The summed E-state index contributed by atoms with van der Waals surface area (Å²) in [4.78, 5) is 17.6. The van der Waals surface area contributed by atoms with Gasteiger partial charge in [0.2, 0.25) is 0 Å². The fourth-order valence-electron chi connectivity index (χ4n) is 2.28. The Hall–Kier alpha value is -2.84. The smallest absolute Gasteiger partial charge is 0.385 e. The van der Waals surface area contributed by atoms with Gasteiger partial charge in [0.05, 0.1) is 4.88 Å². The molecule has 140 valence electrons. The third-order valence-electron chi connectivity index (χ3n) is 3.62. The molecule has 3 aromatic rings. The van der Waals surface area contributed by atoms with Gasteiger partial charge in [0.1, 0.15) is 5.75 Å². The summed E-state index contributed by atoms with van der Waals surface area (Å²) < 4.78 is 7.17. The van der Waals surface area contributed by atoms with Gasteiger partial charge in [-0.25, -0.2) is 9.48 Å². The van der Waals surface area contributed by atoms with Crippen molar-refractivity contribution in [3.05, 3.63) is 68.6 Å². The summed E-state index contributed by atoms with van der Waals surface area (Å²) >= 11 is 7.54. The standard InChI is InChI=1S/C18H17ClN4O3S/c1-11-8-13(9-12(2)16(11)19)25-10-23-6-5-14(21-23)18(24)26-22-17(20)15-4-3-7-27-15/h3-9H,10H2,1-2H3,(H2,20,22). The van der Waals surface area contributed by atoms with Crippen molar-refractivity contribution in [2.45, 2.75) is 20.6 Å². The van der Waals surface area contributed by atoms with E-state index in [9.17, 15) is 4.79 Å². The summed E-state index contributed by atoms with van der Waals surface area (Å²) in [5, 5.41) is 10.3.